The van der Waals surface area contributed by atoms with Crippen molar-refractivity contribution in [3.8, 4) is 0 Å². The van der Waals surface area contributed by atoms with Crippen molar-refractivity contribution in [2.24, 2.45) is 0 Å². The van der Waals surface area contributed by atoms with Gasteiger partial charge in [0, 0.05) is 5.56 Å². The Kier molecular flexibility index (Phi) is 4.32. The highest BCUT2D eigenvalue weighted by Gasteiger charge is 2.46. The van der Waals surface area contributed by atoms with Crippen molar-refractivity contribution in [3.05, 3.63) is 35.6 Å². The van der Waals surface area contributed by atoms with E-state index >= 15 is 0 Å². The average molecular weight is 292 g/mol. The molecule has 2 nitrogen and oxygen atoms in total. The number of hydrogen-bond acceptors (Lipinski definition) is 2. The van der Waals surface area contributed by atoms with Gasteiger partial charge in [0.05, 0.1) is 24.4 Å². The quantitative estimate of drug-likeness (QED) is 0.806. The van der Waals surface area contributed by atoms with Gasteiger partial charge in [0.25, 0.3) is 0 Å². The SMILES string of the molecule is CC1(COCc2ccccc2F)CCC2(CCCCC2)O1. The molecule has 1 aromatic carbocycles. The summed E-state index contributed by atoms with van der Waals surface area (Å²) in [6.45, 7) is 3.00. The van der Waals surface area contributed by atoms with E-state index in [0.717, 1.165) is 12.8 Å². The lowest BCUT2D eigenvalue weighted by Gasteiger charge is -2.36. The smallest absolute Gasteiger partial charge is 0.128 e. The molecule has 21 heavy (non-hydrogen) atoms. The highest BCUT2D eigenvalue weighted by molar-refractivity contribution is 5.16. The van der Waals surface area contributed by atoms with Crippen LogP contribution in [0.25, 0.3) is 0 Å². The third-order valence-corrected chi connectivity index (χ3v) is 4.96. The van der Waals surface area contributed by atoms with E-state index in [4.69, 9.17) is 9.47 Å². The van der Waals surface area contributed by atoms with E-state index < -0.39 is 0 Å². The van der Waals surface area contributed by atoms with Crippen molar-refractivity contribution in [3.63, 3.8) is 0 Å². The zero-order valence-corrected chi connectivity index (χ0v) is 12.9. The maximum Gasteiger partial charge on any atom is 0.128 e. The molecule has 1 aliphatic heterocycles. The molecular formula is C18H25FO2. The summed E-state index contributed by atoms with van der Waals surface area (Å²) < 4.78 is 25.7. The molecule has 2 fully saturated rings. The number of ether oxygens (including phenoxy) is 2. The van der Waals surface area contributed by atoms with Crippen LogP contribution in [0, 0.1) is 5.82 Å². The number of rotatable bonds is 4. The molecule has 1 heterocycles. The van der Waals surface area contributed by atoms with Crippen LogP contribution in [0.3, 0.4) is 0 Å². The van der Waals surface area contributed by atoms with Crippen molar-refractivity contribution in [1.82, 2.24) is 0 Å². The van der Waals surface area contributed by atoms with Crippen molar-refractivity contribution >= 4 is 0 Å². The van der Waals surface area contributed by atoms with E-state index in [1.54, 1.807) is 12.1 Å². The minimum atomic E-state index is -0.206. The number of hydrogen-bond donors (Lipinski definition) is 0. The van der Waals surface area contributed by atoms with Gasteiger partial charge in [-0.2, -0.15) is 0 Å². The Balaban J connectivity index is 1.52. The standard InChI is InChI=1S/C18H25FO2/c1-17(11-12-18(21-17)9-5-2-6-10-18)14-20-13-15-7-3-4-8-16(15)19/h3-4,7-8H,2,5-6,9-14H2,1H3. The lowest BCUT2D eigenvalue weighted by molar-refractivity contribution is -0.140. The van der Waals surface area contributed by atoms with Crippen LogP contribution in [0.15, 0.2) is 24.3 Å². The normalized spacial score (nSPS) is 28.1. The van der Waals surface area contributed by atoms with Crippen LogP contribution in [-0.4, -0.2) is 17.8 Å². The fourth-order valence-electron chi connectivity index (χ4n) is 3.76. The molecule has 0 aromatic heterocycles. The third-order valence-electron chi connectivity index (χ3n) is 4.96. The largest absolute Gasteiger partial charge is 0.374 e. The van der Waals surface area contributed by atoms with Crippen LogP contribution in [0.5, 0.6) is 0 Å². The summed E-state index contributed by atoms with van der Waals surface area (Å²) >= 11 is 0. The summed E-state index contributed by atoms with van der Waals surface area (Å²) in [5, 5.41) is 0. The van der Waals surface area contributed by atoms with Crippen LogP contribution in [0.4, 0.5) is 4.39 Å². The Labute approximate surface area is 126 Å². The Hall–Kier alpha value is -0.930. The predicted molar refractivity (Wildman–Crippen MR) is 80.6 cm³/mol. The minimum absolute atomic E-state index is 0.106. The van der Waals surface area contributed by atoms with Gasteiger partial charge in [-0.05, 0) is 38.7 Å². The van der Waals surface area contributed by atoms with Gasteiger partial charge in [0.1, 0.15) is 5.82 Å². The van der Waals surface area contributed by atoms with Crippen LogP contribution in [0.2, 0.25) is 0 Å². The Morgan fingerprint density at radius 1 is 1.10 bits per heavy atom. The molecule has 1 saturated carbocycles. The summed E-state index contributed by atoms with van der Waals surface area (Å²) in [5.41, 5.74) is 0.517. The highest BCUT2D eigenvalue weighted by atomic mass is 19.1. The van der Waals surface area contributed by atoms with E-state index in [0.29, 0.717) is 18.8 Å². The fourth-order valence-corrected chi connectivity index (χ4v) is 3.76. The molecular weight excluding hydrogens is 267 g/mol. The predicted octanol–water partition coefficient (Wildman–Crippen LogP) is 4.61. The fraction of sp³-hybridized carbons (Fsp3) is 0.667. The molecule has 1 spiro atoms. The maximum atomic E-state index is 13.6. The summed E-state index contributed by atoms with van der Waals surface area (Å²) in [6.07, 6.45) is 8.48. The molecule has 1 saturated heterocycles. The van der Waals surface area contributed by atoms with Crippen molar-refractivity contribution < 1.29 is 13.9 Å². The van der Waals surface area contributed by atoms with Crippen LogP contribution in [-0.2, 0) is 16.1 Å². The van der Waals surface area contributed by atoms with Gasteiger partial charge in [-0.15, -0.1) is 0 Å². The van der Waals surface area contributed by atoms with Gasteiger partial charge in [-0.1, -0.05) is 37.5 Å². The highest BCUT2D eigenvalue weighted by Crippen LogP contribution is 2.46. The molecule has 0 amide bonds. The van der Waals surface area contributed by atoms with E-state index in [-0.39, 0.29) is 17.0 Å². The lowest BCUT2D eigenvalue weighted by atomic mass is 9.82. The Morgan fingerprint density at radius 2 is 1.86 bits per heavy atom. The first-order chi connectivity index (χ1) is 10.1. The molecule has 1 aliphatic carbocycles. The second-order valence-electron chi connectivity index (χ2n) is 6.88. The minimum Gasteiger partial charge on any atom is -0.374 e. The van der Waals surface area contributed by atoms with Crippen LogP contribution < -0.4 is 0 Å². The van der Waals surface area contributed by atoms with Gasteiger partial charge in [-0.3, -0.25) is 0 Å². The van der Waals surface area contributed by atoms with Gasteiger partial charge in [-0.25, -0.2) is 4.39 Å². The average Bonchev–Trinajstić information content (AvgIpc) is 2.79. The summed E-state index contributed by atoms with van der Waals surface area (Å²) in [7, 11) is 0. The second kappa shape index (κ2) is 6.05. The number of benzene rings is 1. The molecule has 2 aliphatic rings. The lowest BCUT2D eigenvalue weighted by Crippen LogP contribution is -2.38. The topological polar surface area (TPSA) is 18.5 Å². The van der Waals surface area contributed by atoms with E-state index in [1.165, 1.54) is 38.2 Å². The molecule has 0 radical (unpaired) electrons. The maximum absolute atomic E-state index is 13.6. The molecule has 3 heteroatoms. The first-order valence-corrected chi connectivity index (χ1v) is 8.12. The Morgan fingerprint density at radius 3 is 2.62 bits per heavy atom. The molecule has 1 atom stereocenters. The zero-order valence-electron chi connectivity index (χ0n) is 12.9. The van der Waals surface area contributed by atoms with Crippen molar-refractivity contribution in [1.29, 1.82) is 0 Å². The van der Waals surface area contributed by atoms with E-state index in [9.17, 15) is 4.39 Å². The number of halogens is 1. The summed E-state index contributed by atoms with van der Waals surface area (Å²) in [4.78, 5) is 0. The third kappa shape index (κ3) is 3.46. The van der Waals surface area contributed by atoms with Gasteiger partial charge in [0.2, 0.25) is 0 Å². The summed E-state index contributed by atoms with van der Waals surface area (Å²) in [6, 6.07) is 6.79. The van der Waals surface area contributed by atoms with E-state index in [2.05, 4.69) is 6.92 Å². The first-order valence-electron chi connectivity index (χ1n) is 8.12. The molecule has 116 valence electrons. The van der Waals surface area contributed by atoms with Crippen molar-refractivity contribution in [2.75, 3.05) is 6.61 Å². The zero-order chi connectivity index (χ0) is 14.8. The van der Waals surface area contributed by atoms with Crippen LogP contribution in [0.1, 0.15) is 57.4 Å². The molecule has 1 unspecified atom stereocenters. The van der Waals surface area contributed by atoms with E-state index in [1.807, 2.05) is 6.07 Å². The molecule has 0 bridgehead atoms. The second-order valence-corrected chi connectivity index (χ2v) is 6.88. The Bertz CT molecular complexity index is 482. The molecule has 0 N–H and O–H groups in total. The molecule has 1 aromatic rings. The van der Waals surface area contributed by atoms with Gasteiger partial charge >= 0.3 is 0 Å². The monoisotopic (exact) mass is 292 g/mol. The van der Waals surface area contributed by atoms with Gasteiger partial charge < -0.3 is 9.47 Å². The summed E-state index contributed by atoms with van der Waals surface area (Å²) in [5.74, 6) is -0.196. The van der Waals surface area contributed by atoms with Crippen LogP contribution >= 0.6 is 0 Å². The first kappa shape index (κ1) is 15.0. The van der Waals surface area contributed by atoms with Crippen molar-refractivity contribution in [2.45, 2.75) is 69.7 Å². The van der Waals surface area contributed by atoms with Gasteiger partial charge in [0.15, 0.2) is 0 Å². The molecule has 3 rings (SSSR count).